The highest BCUT2D eigenvalue weighted by Gasteiger charge is 2.27. The molecule has 0 aliphatic heterocycles. The van der Waals surface area contributed by atoms with E-state index in [2.05, 4.69) is 10.6 Å². The minimum atomic E-state index is -0.251. The Hall–Kier alpha value is -3.23. The van der Waals surface area contributed by atoms with Crippen molar-refractivity contribution in [2.24, 2.45) is 0 Å². The van der Waals surface area contributed by atoms with Crippen LogP contribution in [-0.4, -0.2) is 22.8 Å². The third-order valence-corrected chi connectivity index (χ3v) is 7.86. The highest BCUT2D eigenvalue weighted by atomic mass is 32.1. The molecule has 0 aliphatic rings. The number of amides is 2. The number of anilines is 2. The number of fused-ring (bicyclic) bond motifs is 1. The van der Waals surface area contributed by atoms with Crippen molar-refractivity contribution in [3.63, 3.8) is 0 Å². The largest absolute Gasteiger partial charge is 0.397 e. The molecule has 4 aromatic rings. The van der Waals surface area contributed by atoms with E-state index in [1.807, 2.05) is 70.3 Å². The van der Waals surface area contributed by atoms with E-state index in [1.165, 1.54) is 22.7 Å². The maximum absolute atomic E-state index is 13.6. The van der Waals surface area contributed by atoms with Gasteiger partial charge >= 0.3 is 0 Å². The number of rotatable bonds is 6. The van der Waals surface area contributed by atoms with Gasteiger partial charge in [0.2, 0.25) is 0 Å². The van der Waals surface area contributed by atoms with Crippen LogP contribution in [0.2, 0.25) is 0 Å². The fourth-order valence-electron chi connectivity index (χ4n) is 3.91. The van der Waals surface area contributed by atoms with E-state index in [4.69, 9.17) is 10.7 Å². The molecule has 0 aliphatic carbocycles. The first-order valence-corrected chi connectivity index (χ1v) is 12.9. The van der Waals surface area contributed by atoms with Crippen LogP contribution in [0.3, 0.4) is 0 Å². The summed E-state index contributed by atoms with van der Waals surface area (Å²) in [5.74, 6) is -0.468. The molecule has 3 heterocycles. The Morgan fingerprint density at radius 3 is 2.56 bits per heavy atom. The highest BCUT2D eigenvalue weighted by molar-refractivity contribution is 7.21. The van der Waals surface area contributed by atoms with E-state index in [0.717, 1.165) is 33.7 Å². The van der Waals surface area contributed by atoms with Crippen molar-refractivity contribution >= 4 is 56.1 Å². The third kappa shape index (κ3) is 4.43. The minimum absolute atomic E-state index is 0.0302. The molecule has 0 spiro atoms. The van der Waals surface area contributed by atoms with Crippen molar-refractivity contribution in [2.75, 3.05) is 11.1 Å². The summed E-state index contributed by atoms with van der Waals surface area (Å²) < 4.78 is 0. The first-order valence-electron chi connectivity index (χ1n) is 11.2. The first-order chi connectivity index (χ1) is 16.2. The topological polar surface area (TPSA) is 97.1 Å². The Kier molecular flexibility index (Phi) is 6.72. The lowest BCUT2D eigenvalue weighted by molar-refractivity contribution is 0.0943. The summed E-state index contributed by atoms with van der Waals surface area (Å²) in [7, 11) is 0. The summed E-state index contributed by atoms with van der Waals surface area (Å²) in [5, 5.41) is 8.65. The second-order valence-electron chi connectivity index (χ2n) is 8.50. The van der Waals surface area contributed by atoms with Crippen LogP contribution < -0.4 is 16.4 Å². The van der Waals surface area contributed by atoms with Gasteiger partial charge in [-0.1, -0.05) is 30.7 Å². The zero-order valence-corrected chi connectivity index (χ0v) is 21.5. The van der Waals surface area contributed by atoms with Gasteiger partial charge in [-0.15, -0.1) is 22.7 Å². The fourth-order valence-corrected chi connectivity index (χ4v) is 5.75. The smallest absolute Gasteiger partial charge is 0.263 e. The minimum Gasteiger partial charge on any atom is -0.397 e. The Labute approximate surface area is 207 Å². The molecular formula is C26H28N4O2S2. The van der Waals surface area contributed by atoms with Crippen molar-refractivity contribution in [2.45, 2.75) is 47.1 Å². The average Bonchev–Trinajstić information content (AvgIpc) is 3.43. The van der Waals surface area contributed by atoms with E-state index in [0.29, 0.717) is 32.0 Å². The summed E-state index contributed by atoms with van der Waals surface area (Å²) >= 11 is 2.79. The van der Waals surface area contributed by atoms with Crippen molar-refractivity contribution in [1.82, 2.24) is 10.3 Å². The van der Waals surface area contributed by atoms with Gasteiger partial charge in [-0.3, -0.25) is 9.59 Å². The molecule has 0 saturated heterocycles. The van der Waals surface area contributed by atoms with E-state index in [1.54, 1.807) is 0 Å². The van der Waals surface area contributed by atoms with Crippen molar-refractivity contribution < 1.29 is 9.59 Å². The lowest BCUT2D eigenvalue weighted by Gasteiger charge is -2.15. The Morgan fingerprint density at radius 2 is 1.91 bits per heavy atom. The van der Waals surface area contributed by atoms with E-state index in [-0.39, 0.29) is 17.9 Å². The van der Waals surface area contributed by atoms with Gasteiger partial charge in [-0.25, -0.2) is 4.98 Å². The number of nitrogens with zero attached hydrogens (tertiary/aromatic N) is 1. The molecule has 1 atom stereocenters. The van der Waals surface area contributed by atoms with Gasteiger partial charge in [-0.05, 0) is 57.2 Å². The Balaban J connectivity index is 1.89. The van der Waals surface area contributed by atoms with Crippen molar-refractivity contribution in [3.05, 3.63) is 63.0 Å². The average molecular weight is 493 g/mol. The number of nitrogen functional groups attached to an aromatic ring is 1. The predicted molar refractivity (Wildman–Crippen MR) is 143 cm³/mol. The van der Waals surface area contributed by atoms with Gasteiger partial charge in [-0.2, -0.15) is 0 Å². The molecule has 4 N–H and O–H groups in total. The van der Waals surface area contributed by atoms with Crippen molar-refractivity contribution in [3.8, 4) is 10.4 Å². The molecule has 1 aromatic carbocycles. The van der Waals surface area contributed by atoms with Crippen LogP contribution in [0, 0.1) is 20.8 Å². The monoisotopic (exact) mass is 492 g/mol. The number of carbonyl (C=O) groups is 2. The van der Waals surface area contributed by atoms with Crippen LogP contribution in [0.1, 0.15) is 57.1 Å². The molecule has 34 heavy (non-hydrogen) atoms. The number of benzene rings is 1. The Bertz CT molecular complexity index is 1390. The second-order valence-corrected chi connectivity index (χ2v) is 10.5. The lowest BCUT2D eigenvalue weighted by atomic mass is 9.99. The molecule has 4 rings (SSSR count). The van der Waals surface area contributed by atoms with Gasteiger partial charge in [0.05, 0.1) is 16.9 Å². The number of nitrogens with two attached hydrogens (primary N) is 1. The number of hydrogen-bond acceptors (Lipinski definition) is 6. The number of carbonyl (C=O) groups excluding carboxylic acids is 2. The molecular weight excluding hydrogens is 464 g/mol. The van der Waals surface area contributed by atoms with Gasteiger partial charge in [0.1, 0.15) is 9.71 Å². The number of pyridine rings is 1. The van der Waals surface area contributed by atoms with E-state index in [9.17, 15) is 9.59 Å². The molecule has 0 unspecified atom stereocenters. The van der Waals surface area contributed by atoms with Gasteiger partial charge < -0.3 is 16.4 Å². The van der Waals surface area contributed by atoms with Gasteiger partial charge in [0, 0.05) is 27.6 Å². The molecule has 8 heteroatoms. The SMILES string of the molecule is CC[C@@H](C)NC(=O)c1sc2nc(C)c(C(=O)Nc3ccc(C)cc3C)c(-c3cccs3)c2c1N. The quantitative estimate of drug-likeness (QED) is 0.294. The zero-order valence-electron chi connectivity index (χ0n) is 19.9. The van der Waals surface area contributed by atoms with Gasteiger partial charge in [0.15, 0.2) is 0 Å². The highest BCUT2D eigenvalue weighted by Crippen LogP contribution is 2.43. The first kappa shape index (κ1) is 23.9. The summed E-state index contributed by atoms with van der Waals surface area (Å²) in [6.45, 7) is 9.78. The molecule has 0 saturated carbocycles. The summed E-state index contributed by atoms with van der Waals surface area (Å²) in [6.07, 6.45) is 0.817. The Morgan fingerprint density at radius 1 is 1.15 bits per heavy atom. The molecule has 0 radical (unpaired) electrons. The third-order valence-electron chi connectivity index (χ3n) is 5.88. The van der Waals surface area contributed by atoms with Crippen LogP contribution >= 0.6 is 22.7 Å². The van der Waals surface area contributed by atoms with E-state index >= 15 is 0 Å². The standard InChI is InChI=1S/C26H28N4O2S2/c1-6-15(4)28-25(32)23-22(27)21-20(18-8-7-11-33-18)19(16(5)29-26(21)34-23)24(31)30-17-10-9-13(2)12-14(17)3/h7-12,15H,6,27H2,1-5H3,(H,28,32)(H,30,31)/t15-/m1/s1. The molecule has 176 valence electrons. The number of thiophene rings is 2. The summed E-state index contributed by atoms with van der Waals surface area (Å²) in [5.41, 5.74) is 11.6. The fraction of sp³-hybridized carbons (Fsp3) is 0.269. The molecule has 0 fully saturated rings. The summed E-state index contributed by atoms with van der Waals surface area (Å²) in [6, 6.07) is 9.84. The maximum atomic E-state index is 13.6. The lowest BCUT2D eigenvalue weighted by Crippen LogP contribution is -2.31. The predicted octanol–water partition coefficient (Wildman–Crippen LogP) is 6.31. The number of aromatic nitrogens is 1. The second kappa shape index (κ2) is 9.56. The molecule has 3 aromatic heterocycles. The van der Waals surface area contributed by atoms with Crippen LogP contribution in [0.25, 0.3) is 20.7 Å². The molecule has 6 nitrogen and oxygen atoms in total. The molecule has 0 bridgehead atoms. The molecule has 2 amide bonds. The summed E-state index contributed by atoms with van der Waals surface area (Å²) in [4.78, 5) is 33.2. The van der Waals surface area contributed by atoms with Crippen LogP contribution in [-0.2, 0) is 0 Å². The van der Waals surface area contributed by atoms with Crippen LogP contribution in [0.4, 0.5) is 11.4 Å². The van der Waals surface area contributed by atoms with Crippen LogP contribution in [0.5, 0.6) is 0 Å². The van der Waals surface area contributed by atoms with E-state index < -0.39 is 0 Å². The number of hydrogen-bond donors (Lipinski definition) is 3. The van der Waals surface area contributed by atoms with Crippen molar-refractivity contribution in [1.29, 1.82) is 0 Å². The zero-order chi connectivity index (χ0) is 24.6. The van der Waals surface area contributed by atoms with Gasteiger partial charge in [0.25, 0.3) is 11.8 Å². The number of nitrogens with one attached hydrogen (secondary N) is 2. The maximum Gasteiger partial charge on any atom is 0.263 e. The number of aryl methyl sites for hydroxylation is 3. The van der Waals surface area contributed by atoms with Crippen LogP contribution in [0.15, 0.2) is 35.7 Å². The normalized spacial score (nSPS) is 12.0.